The summed E-state index contributed by atoms with van der Waals surface area (Å²) in [5.74, 6) is 0.00403. The van der Waals surface area contributed by atoms with Crippen LogP contribution in [-0.2, 0) is 7.05 Å². The Balaban J connectivity index is 2.59. The maximum Gasteiger partial charge on any atom is 0.267 e. The van der Waals surface area contributed by atoms with Gasteiger partial charge in [-0.25, -0.2) is 0 Å². The second-order valence-electron chi connectivity index (χ2n) is 2.76. The van der Waals surface area contributed by atoms with Crippen LogP contribution in [0.15, 0.2) is 18.3 Å². The van der Waals surface area contributed by atoms with E-state index in [4.69, 9.17) is 0 Å². The third kappa shape index (κ3) is 1.87. The monoisotopic (exact) mass is 166 g/mol. The van der Waals surface area contributed by atoms with Gasteiger partial charge in [0.2, 0.25) is 0 Å². The van der Waals surface area contributed by atoms with Crippen LogP contribution in [0.25, 0.3) is 0 Å². The van der Waals surface area contributed by atoms with Crippen molar-refractivity contribution in [3.8, 4) is 0 Å². The van der Waals surface area contributed by atoms with E-state index in [1.54, 1.807) is 0 Å². The van der Waals surface area contributed by atoms with Crippen LogP contribution in [0.2, 0.25) is 0 Å². The van der Waals surface area contributed by atoms with Crippen molar-refractivity contribution in [3.05, 3.63) is 24.0 Å². The summed E-state index contributed by atoms with van der Waals surface area (Å²) in [6.07, 6.45) is 2.83. The van der Waals surface area contributed by atoms with Gasteiger partial charge in [-0.15, -0.1) is 0 Å². The molecule has 0 radical (unpaired) electrons. The van der Waals surface area contributed by atoms with Gasteiger partial charge in [0.15, 0.2) is 0 Å². The van der Waals surface area contributed by atoms with E-state index in [1.807, 2.05) is 36.9 Å². The van der Waals surface area contributed by atoms with E-state index in [0.29, 0.717) is 5.69 Å². The summed E-state index contributed by atoms with van der Waals surface area (Å²) in [5.41, 5.74) is 0.712. The fraction of sp³-hybridized carbons (Fsp3) is 0.444. The lowest BCUT2D eigenvalue weighted by Gasteiger charge is -2.03. The molecule has 0 saturated heterocycles. The maximum absolute atomic E-state index is 11.4. The van der Waals surface area contributed by atoms with Gasteiger partial charge in [0.25, 0.3) is 5.91 Å². The number of amides is 1. The van der Waals surface area contributed by atoms with Gasteiger partial charge in [-0.1, -0.05) is 6.92 Å². The quantitative estimate of drug-likeness (QED) is 0.718. The molecule has 1 aromatic rings. The summed E-state index contributed by atoms with van der Waals surface area (Å²) >= 11 is 0. The molecule has 1 N–H and O–H groups in total. The van der Waals surface area contributed by atoms with E-state index in [9.17, 15) is 4.79 Å². The highest BCUT2D eigenvalue weighted by Gasteiger charge is 2.05. The number of aryl methyl sites for hydroxylation is 1. The number of carbonyl (C=O) groups is 1. The lowest BCUT2D eigenvalue weighted by atomic mass is 10.4. The summed E-state index contributed by atoms with van der Waals surface area (Å²) in [5, 5.41) is 2.82. The van der Waals surface area contributed by atoms with Crippen LogP contribution in [0.5, 0.6) is 0 Å². The SMILES string of the molecule is CCCNC(=O)c1cccn1C. The van der Waals surface area contributed by atoms with Crippen LogP contribution in [0.4, 0.5) is 0 Å². The van der Waals surface area contributed by atoms with Gasteiger partial charge in [-0.2, -0.15) is 0 Å². The third-order valence-corrected chi connectivity index (χ3v) is 1.71. The van der Waals surface area contributed by atoms with Crippen LogP contribution >= 0.6 is 0 Å². The average Bonchev–Trinajstić information content (AvgIpc) is 2.47. The van der Waals surface area contributed by atoms with E-state index >= 15 is 0 Å². The molecule has 0 aliphatic carbocycles. The van der Waals surface area contributed by atoms with Crippen LogP contribution in [0.3, 0.4) is 0 Å². The topological polar surface area (TPSA) is 34.0 Å². The maximum atomic E-state index is 11.4. The van der Waals surface area contributed by atoms with Crippen molar-refractivity contribution < 1.29 is 4.79 Å². The Kier molecular flexibility index (Phi) is 2.91. The zero-order chi connectivity index (χ0) is 8.97. The van der Waals surface area contributed by atoms with Crippen molar-refractivity contribution >= 4 is 5.91 Å². The Hall–Kier alpha value is -1.25. The van der Waals surface area contributed by atoms with Crippen LogP contribution in [-0.4, -0.2) is 17.0 Å². The smallest absolute Gasteiger partial charge is 0.267 e. The predicted octanol–water partition coefficient (Wildman–Crippen LogP) is 1.16. The molecule has 3 heteroatoms. The number of carbonyl (C=O) groups excluding carboxylic acids is 1. The van der Waals surface area contributed by atoms with Gasteiger partial charge in [0.1, 0.15) is 5.69 Å². The first-order chi connectivity index (χ1) is 5.75. The molecule has 0 bridgehead atoms. The summed E-state index contributed by atoms with van der Waals surface area (Å²) in [4.78, 5) is 11.4. The third-order valence-electron chi connectivity index (χ3n) is 1.71. The molecule has 1 rings (SSSR count). The Labute approximate surface area is 72.4 Å². The van der Waals surface area contributed by atoms with E-state index in [1.165, 1.54) is 0 Å². The molecular weight excluding hydrogens is 152 g/mol. The number of hydrogen-bond acceptors (Lipinski definition) is 1. The molecule has 0 aromatic carbocycles. The summed E-state index contributed by atoms with van der Waals surface area (Å²) < 4.78 is 1.81. The molecule has 0 fully saturated rings. The number of nitrogens with zero attached hydrogens (tertiary/aromatic N) is 1. The molecule has 66 valence electrons. The predicted molar refractivity (Wildman–Crippen MR) is 48.0 cm³/mol. The van der Waals surface area contributed by atoms with Crippen molar-refractivity contribution in [1.29, 1.82) is 0 Å². The summed E-state index contributed by atoms with van der Waals surface area (Å²) in [7, 11) is 1.86. The standard InChI is InChI=1S/C9H14N2O/c1-3-6-10-9(12)8-5-4-7-11(8)2/h4-5,7H,3,6H2,1-2H3,(H,10,12). The van der Waals surface area contributed by atoms with Gasteiger partial charge >= 0.3 is 0 Å². The first-order valence-corrected chi connectivity index (χ1v) is 4.15. The van der Waals surface area contributed by atoms with Crippen LogP contribution in [0.1, 0.15) is 23.8 Å². The molecule has 0 aliphatic heterocycles. The fourth-order valence-corrected chi connectivity index (χ4v) is 1.03. The Morgan fingerprint density at radius 3 is 2.92 bits per heavy atom. The van der Waals surface area contributed by atoms with Crippen LogP contribution in [0, 0.1) is 0 Å². The molecule has 1 amide bonds. The second-order valence-corrected chi connectivity index (χ2v) is 2.76. The number of hydrogen-bond donors (Lipinski definition) is 1. The van der Waals surface area contributed by atoms with E-state index < -0.39 is 0 Å². The zero-order valence-corrected chi connectivity index (χ0v) is 7.50. The van der Waals surface area contributed by atoms with Crippen molar-refractivity contribution in [2.45, 2.75) is 13.3 Å². The minimum absolute atomic E-state index is 0.00403. The first kappa shape index (κ1) is 8.84. The highest BCUT2D eigenvalue weighted by atomic mass is 16.1. The van der Waals surface area contributed by atoms with Gasteiger partial charge in [0, 0.05) is 19.8 Å². The highest BCUT2D eigenvalue weighted by molar-refractivity contribution is 5.92. The fourth-order valence-electron chi connectivity index (χ4n) is 1.03. The molecule has 0 atom stereocenters. The molecule has 3 nitrogen and oxygen atoms in total. The van der Waals surface area contributed by atoms with E-state index in [0.717, 1.165) is 13.0 Å². The highest BCUT2D eigenvalue weighted by Crippen LogP contribution is 1.98. The number of aromatic nitrogens is 1. The van der Waals surface area contributed by atoms with Gasteiger partial charge in [-0.3, -0.25) is 4.79 Å². The van der Waals surface area contributed by atoms with Crippen molar-refractivity contribution in [3.63, 3.8) is 0 Å². The molecule has 1 heterocycles. The normalized spacial score (nSPS) is 9.83. The summed E-state index contributed by atoms with van der Waals surface area (Å²) in [6.45, 7) is 2.77. The Morgan fingerprint density at radius 1 is 1.67 bits per heavy atom. The lowest BCUT2D eigenvalue weighted by Crippen LogP contribution is -2.25. The lowest BCUT2D eigenvalue weighted by molar-refractivity contribution is 0.0945. The Bertz CT molecular complexity index is 265. The number of nitrogens with one attached hydrogen (secondary N) is 1. The summed E-state index contributed by atoms with van der Waals surface area (Å²) in [6, 6.07) is 3.67. The molecule has 0 saturated carbocycles. The van der Waals surface area contributed by atoms with E-state index in [-0.39, 0.29) is 5.91 Å². The van der Waals surface area contributed by atoms with Crippen molar-refractivity contribution in [2.75, 3.05) is 6.54 Å². The van der Waals surface area contributed by atoms with Crippen molar-refractivity contribution in [2.24, 2.45) is 7.05 Å². The molecule has 0 unspecified atom stereocenters. The minimum Gasteiger partial charge on any atom is -0.351 e. The van der Waals surface area contributed by atoms with Crippen molar-refractivity contribution in [1.82, 2.24) is 9.88 Å². The van der Waals surface area contributed by atoms with Crippen LogP contribution < -0.4 is 5.32 Å². The zero-order valence-electron chi connectivity index (χ0n) is 7.50. The number of rotatable bonds is 3. The van der Waals surface area contributed by atoms with Gasteiger partial charge in [0.05, 0.1) is 0 Å². The van der Waals surface area contributed by atoms with E-state index in [2.05, 4.69) is 5.32 Å². The first-order valence-electron chi connectivity index (χ1n) is 4.15. The average molecular weight is 166 g/mol. The van der Waals surface area contributed by atoms with Gasteiger partial charge < -0.3 is 9.88 Å². The second kappa shape index (κ2) is 3.95. The molecule has 0 spiro atoms. The minimum atomic E-state index is 0.00403. The molecule has 12 heavy (non-hydrogen) atoms. The Morgan fingerprint density at radius 2 is 2.42 bits per heavy atom. The van der Waals surface area contributed by atoms with Gasteiger partial charge in [-0.05, 0) is 18.6 Å². The molecule has 0 aliphatic rings. The molecule has 1 aromatic heterocycles. The molecular formula is C9H14N2O. The largest absolute Gasteiger partial charge is 0.351 e.